The van der Waals surface area contributed by atoms with Gasteiger partial charge in [-0.05, 0) is 54.6 Å². The van der Waals surface area contributed by atoms with Crippen molar-refractivity contribution in [3.05, 3.63) is 52.9 Å². The van der Waals surface area contributed by atoms with E-state index in [1.165, 1.54) is 11.8 Å². The number of phenols is 1. The van der Waals surface area contributed by atoms with Crippen LogP contribution in [0.3, 0.4) is 0 Å². The fraction of sp³-hybridized carbons (Fsp3) is 0.111. The molecule has 0 fully saturated rings. The van der Waals surface area contributed by atoms with E-state index in [1.54, 1.807) is 35.6 Å². The molecule has 0 radical (unpaired) electrons. The van der Waals surface area contributed by atoms with E-state index in [0.29, 0.717) is 17.3 Å². The highest BCUT2D eigenvalue weighted by molar-refractivity contribution is 8.05. The van der Waals surface area contributed by atoms with Gasteiger partial charge in [-0.25, -0.2) is 4.98 Å². The highest BCUT2D eigenvalue weighted by atomic mass is 32.2. The van der Waals surface area contributed by atoms with E-state index in [2.05, 4.69) is 11.1 Å². The molecule has 0 saturated carbocycles. The van der Waals surface area contributed by atoms with Crippen LogP contribution >= 0.6 is 23.1 Å². The summed E-state index contributed by atoms with van der Waals surface area (Å²) in [7, 11) is 0. The molecule has 0 aliphatic heterocycles. The molecule has 0 spiro atoms. The standard InChI is InChI=1S/C18H14N2O2S2/c1-2-22-16-10-12(7-8-15(16)21)9-13(11-19)23-18-20-14-5-3-4-6-17(14)24-18/h3-10,21H,2H2,1H3. The SMILES string of the molecule is CCOc1cc(C=C(C#N)Sc2nc3ccccc3s2)ccc1O. The fourth-order valence-corrected chi connectivity index (χ4v) is 4.09. The van der Waals surface area contributed by atoms with E-state index in [9.17, 15) is 10.4 Å². The number of nitrogens with zero attached hydrogens (tertiary/aromatic N) is 2. The van der Waals surface area contributed by atoms with Crippen LogP contribution in [-0.2, 0) is 0 Å². The van der Waals surface area contributed by atoms with Crippen molar-refractivity contribution >= 4 is 39.4 Å². The van der Waals surface area contributed by atoms with Crippen molar-refractivity contribution in [2.45, 2.75) is 11.3 Å². The van der Waals surface area contributed by atoms with Crippen molar-refractivity contribution in [1.82, 2.24) is 4.98 Å². The predicted octanol–water partition coefficient (Wildman–Crippen LogP) is 5.06. The molecule has 0 aliphatic carbocycles. The molecule has 1 heterocycles. The van der Waals surface area contributed by atoms with Gasteiger partial charge in [-0.1, -0.05) is 18.2 Å². The van der Waals surface area contributed by atoms with Crippen LogP contribution in [0.5, 0.6) is 11.5 Å². The second-order valence-electron chi connectivity index (χ2n) is 4.83. The number of phenolic OH excluding ortho intramolecular Hbond substituents is 1. The number of para-hydroxylation sites is 1. The zero-order valence-electron chi connectivity index (χ0n) is 12.9. The number of benzene rings is 2. The van der Waals surface area contributed by atoms with Gasteiger partial charge in [0.25, 0.3) is 0 Å². The Labute approximate surface area is 148 Å². The van der Waals surface area contributed by atoms with Crippen LogP contribution in [0.1, 0.15) is 12.5 Å². The van der Waals surface area contributed by atoms with Crippen molar-refractivity contribution < 1.29 is 9.84 Å². The molecule has 4 nitrogen and oxygen atoms in total. The fourth-order valence-electron chi connectivity index (χ4n) is 2.12. The van der Waals surface area contributed by atoms with E-state index >= 15 is 0 Å². The summed E-state index contributed by atoms with van der Waals surface area (Å²) in [5.74, 6) is 0.500. The number of rotatable bonds is 5. The third-order valence-corrected chi connectivity index (χ3v) is 5.19. The van der Waals surface area contributed by atoms with Crippen molar-refractivity contribution in [1.29, 1.82) is 5.26 Å². The first-order valence-corrected chi connectivity index (χ1v) is 8.94. The summed E-state index contributed by atoms with van der Waals surface area (Å²) in [6.45, 7) is 2.32. The Balaban J connectivity index is 1.87. The first-order valence-electron chi connectivity index (χ1n) is 7.30. The number of hydrogen-bond donors (Lipinski definition) is 1. The van der Waals surface area contributed by atoms with E-state index in [0.717, 1.165) is 20.1 Å². The summed E-state index contributed by atoms with van der Waals surface area (Å²) in [5, 5.41) is 19.2. The minimum Gasteiger partial charge on any atom is -0.504 e. The molecule has 3 rings (SSSR count). The molecule has 0 aliphatic rings. The van der Waals surface area contributed by atoms with Gasteiger partial charge < -0.3 is 9.84 Å². The molecule has 0 amide bonds. The third-order valence-electron chi connectivity index (χ3n) is 3.16. The van der Waals surface area contributed by atoms with Crippen LogP contribution < -0.4 is 4.74 Å². The van der Waals surface area contributed by atoms with Gasteiger partial charge in [0.2, 0.25) is 0 Å². The average molecular weight is 354 g/mol. The summed E-state index contributed by atoms with van der Waals surface area (Å²) in [4.78, 5) is 5.06. The van der Waals surface area contributed by atoms with E-state index in [4.69, 9.17) is 4.74 Å². The maximum atomic E-state index is 9.75. The van der Waals surface area contributed by atoms with Crippen molar-refractivity contribution in [2.24, 2.45) is 0 Å². The number of aromatic nitrogens is 1. The molecule has 0 bridgehead atoms. The molecule has 3 aromatic rings. The normalized spacial score (nSPS) is 11.4. The number of nitriles is 1. The highest BCUT2D eigenvalue weighted by Gasteiger charge is 2.08. The molecule has 24 heavy (non-hydrogen) atoms. The molecular weight excluding hydrogens is 340 g/mol. The molecule has 120 valence electrons. The lowest BCUT2D eigenvalue weighted by atomic mass is 10.2. The first kappa shape index (κ1) is 16.4. The number of aromatic hydroxyl groups is 1. The number of allylic oxidation sites excluding steroid dienone is 1. The monoisotopic (exact) mass is 354 g/mol. The maximum absolute atomic E-state index is 9.75. The number of hydrogen-bond acceptors (Lipinski definition) is 6. The van der Waals surface area contributed by atoms with E-state index in [1.807, 2.05) is 31.2 Å². The van der Waals surface area contributed by atoms with Crippen LogP contribution in [0.2, 0.25) is 0 Å². The van der Waals surface area contributed by atoms with Crippen LogP contribution in [0.4, 0.5) is 0 Å². The van der Waals surface area contributed by atoms with Gasteiger partial charge in [0, 0.05) is 0 Å². The molecule has 1 N–H and O–H groups in total. The molecule has 2 aromatic carbocycles. The van der Waals surface area contributed by atoms with E-state index in [-0.39, 0.29) is 5.75 Å². The second-order valence-corrected chi connectivity index (χ2v) is 7.15. The zero-order valence-corrected chi connectivity index (χ0v) is 14.5. The smallest absolute Gasteiger partial charge is 0.161 e. The van der Waals surface area contributed by atoms with Gasteiger partial charge in [-0.15, -0.1) is 11.3 Å². The summed E-state index contributed by atoms with van der Waals surface area (Å²) in [5.41, 5.74) is 1.73. The Morgan fingerprint density at radius 2 is 2.21 bits per heavy atom. The van der Waals surface area contributed by atoms with Gasteiger partial charge in [0.15, 0.2) is 15.8 Å². The topological polar surface area (TPSA) is 66.1 Å². The Bertz CT molecular complexity index is 909. The molecule has 0 atom stereocenters. The zero-order chi connectivity index (χ0) is 16.9. The highest BCUT2D eigenvalue weighted by Crippen LogP contribution is 2.35. The molecule has 6 heteroatoms. The number of fused-ring (bicyclic) bond motifs is 1. The largest absolute Gasteiger partial charge is 0.504 e. The van der Waals surface area contributed by atoms with Crippen LogP contribution in [-0.4, -0.2) is 16.7 Å². The third kappa shape index (κ3) is 3.70. The van der Waals surface area contributed by atoms with Crippen molar-refractivity contribution in [3.63, 3.8) is 0 Å². The van der Waals surface area contributed by atoms with Gasteiger partial charge in [0.05, 0.1) is 21.7 Å². The lowest BCUT2D eigenvalue weighted by Gasteiger charge is -2.06. The Hall–Kier alpha value is -2.49. The van der Waals surface area contributed by atoms with Gasteiger partial charge >= 0.3 is 0 Å². The van der Waals surface area contributed by atoms with Gasteiger partial charge in [0.1, 0.15) is 6.07 Å². The van der Waals surface area contributed by atoms with Gasteiger partial charge in [-0.2, -0.15) is 5.26 Å². The summed E-state index contributed by atoms with van der Waals surface area (Å²) in [6.07, 6.45) is 1.76. The number of thiazole rings is 1. The number of thioether (sulfide) groups is 1. The van der Waals surface area contributed by atoms with Crippen molar-refractivity contribution in [3.8, 4) is 17.6 Å². The Kier molecular flexibility index (Phi) is 5.04. The average Bonchev–Trinajstić information content (AvgIpc) is 2.99. The second kappa shape index (κ2) is 7.39. The lowest BCUT2D eigenvalue weighted by Crippen LogP contribution is -1.92. The minimum absolute atomic E-state index is 0.0892. The molecule has 0 unspecified atom stereocenters. The van der Waals surface area contributed by atoms with Crippen LogP contribution in [0.15, 0.2) is 51.7 Å². The first-order chi connectivity index (χ1) is 11.7. The molecular formula is C18H14N2O2S2. The summed E-state index contributed by atoms with van der Waals surface area (Å²) < 4.78 is 7.30. The van der Waals surface area contributed by atoms with E-state index < -0.39 is 0 Å². The quantitative estimate of drug-likeness (QED) is 0.512. The molecule has 0 saturated heterocycles. The van der Waals surface area contributed by atoms with Gasteiger partial charge in [-0.3, -0.25) is 0 Å². The Morgan fingerprint density at radius 1 is 1.38 bits per heavy atom. The lowest BCUT2D eigenvalue weighted by molar-refractivity contribution is 0.318. The van der Waals surface area contributed by atoms with Crippen LogP contribution in [0.25, 0.3) is 16.3 Å². The Morgan fingerprint density at radius 3 is 2.96 bits per heavy atom. The predicted molar refractivity (Wildman–Crippen MR) is 98.3 cm³/mol. The maximum Gasteiger partial charge on any atom is 0.161 e. The van der Waals surface area contributed by atoms with Crippen LogP contribution in [0, 0.1) is 11.3 Å². The van der Waals surface area contributed by atoms with Crippen molar-refractivity contribution in [2.75, 3.05) is 6.61 Å². The summed E-state index contributed by atoms with van der Waals surface area (Å²) in [6, 6.07) is 15.1. The minimum atomic E-state index is 0.0892. The summed E-state index contributed by atoms with van der Waals surface area (Å²) >= 11 is 2.90. The number of ether oxygens (including phenoxy) is 1. The molecule has 1 aromatic heterocycles.